The maximum absolute atomic E-state index is 14.1. The average Bonchev–Trinajstić information content (AvgIpc) is 2.51. The van der Waals surface area contributed by atoms with Crippen LogP contribution in [0.15, 0.2) is 48.5 Å². The van der Waals surface area contributed by atoms with E-state index < -0.39 is 28.9 Å². The lowest BCUT2D eigenvalue weighted by molar-refractivity contribution is -0.127. The second-order valence-electron chi connectivity index (χ2n) is 28.3. The molecule has 0 radical (unpaired) electrons. The SMILES string of the molecule is CCCCCCCCC(CCCCCC)C(=O)NCC(C)(C)COCC(C)(C)CNC(=O)CC[C@H](NC(=O)OCC1c2ccccc2-c2ccccc21)C(=O)NCC(C)(C)COCC(C)(C)CNC(=O)C(CCCCCC)CCCCCCCC. The molecule has 0 heterocycles. The van der Waals surface area contributed by atoms with Crippen molar-refractivity contribution in [3.05, 3.63) is 59.7 Å². The second-order valence-corrected chi connectivity index (χ2v) is 28.3. The molecule has 0 bridgehead atoms. The number of nitrogens with one attached hydrogen (secondary N) is 5. The fourth-order valence-corrected chi connectivity index (χ4v) is 11.3. The number of hydrogen-bond donors (Lipinski definition) is 5. The van der Waals surface area contributed by atoms with Gasteiger partial charge in [-0.15, -0.1) is 0 Å². The third-order valence-corrected chi connectivity index (χ3v) is 16.9. The van der Waals surface area contributed by atoms with Gasteiger partial charge in [-0.25, -0.2) is 4.79 Å². The molecule has 0 aromatic heterocycles. The first kappa shape index (κ1) is 74.8. The molecule has 0 saturated carbocycles. The van der Waals surface area contributed by atoms with Crippen LogP contribution < -0.4 is 26.6 Å². The van der Waals surface area contributed by atoms with Gasteiger partial charge in [0.1, 0.15) is 12.6 Å². The molecule has 2 unspecified atom stereocenters. The smallest absolute Gasteiger partial charge is 0.407 e. The fourth-order valence-electron chi connectivity index (χ4n) is 11.3. The van der Waals surface area contributed by atoms with Crippen molar-refractivity contribution in [1.29, 1.82) is 0 Å². The van der Waals surface area contributed by atoms with E-state index in [2.05, 4.69) is 106 Å². The quantitative estimate of drug-likeness (QED) is 0.0407. The van der Waals surface area contributed by atoms with E-state index in [1.165, 1.54) is 103 Å². The lowest BCUT2D eigenvalue weighted by atomic mass is 9.91. The van der Waals surface area contributed by atoms with Crippen LogP contribution in [0, 0.1) is 33.5 Å². The van der Waals surface area contributed by atoms with Gasteiger partial charge in [-0.2, -0.15) is 0 Å². The van der Waals surface area contributed by atoms with Gasteiger partial charge in [-0.3, -0.25) is 19.2 Å². The predicted molar refractivity (Wildman–Crippen MR) is 351 cm³/mol. The molecular weight excluding hydrogens is 1060 g/mol. The molecule has 13 nitrogen and oxygen atoms in total. The number of rotatable bonds is 49. The normalized spacial score (nSPS) is 13.8. The van der Waals surface area contributed by atoms with Crippen LogP contribution in [0.5, 0.6) is 0 Å². The Kier molecular flexibility index (Phi) is 35.9. The van der Waals surface area contributed by atoms with E-state index in [-0.39, 0.29) is 72.3 Å². The number of amides is 5. The third-order valence-electron chi connectivity index (χ3n) is 16.9. The van der Waals surface area contributed by atoms with Crippen LogP contribution in [0.25, 0.3) is 11.1 Å². The first-order valence-corrected chi connectivity index (χ1v) is 33.9. The molecule has 1 aliphatic carbocycles. The number of ether oxygens (including phenoxy) is 3. The minimum atomic E-state index is -1.05. The van der Waals surface area contributed by atoms with Crippen LogP contribution in [0.2, 0.25) is 0 Å². The Morgan fingerprint density at radius 2 is 0.753 bits per heavy atom. The summed E-state index contributed by atoms with van der Waals surface area (Å²) in [4.78, 5) is 68.5. The number of carbonyl (C=O) groups is 5. The van der Waals surface area contributed by atoms with E-state index >= 15 is 0 Å². The number of hydrogen-bond acceptors (Lipinski definition) is 8. The predicted octanol–water partition coefficient (Wildman–Crippen LogP) is 16.0. The van der Waals surface area contributed by atoms with Crippen molar-refractivity contribution in [2.75, 3.05) is 59.2 Å². The highest BCUT2D eigenvalue weighted by molar-refractivity contribution is 5.87. The van der Waals surface area contributed by atoms with Crippen molar-refractivity contribution in [2.45, 2.75) is 262 Å². The lowest BCUT2D eigenvalue weighted by Gasteiger charge is -2.30. The summed E-state index contributed by atoms with van der Waals surface area (Å²) in [6, 6.07) is 15.2. The number of unbranched alkanes of at least 4 members (excludes halogenated alkanes) is 16. The average molecular weight is 1190 g/mol. The van der Waals surface area contributed by atoms with Crippen LogP contribution in [-0.2, 0) is 33.4 Å². The summed E-state index contributed by atoms with van der Waals surface area (Å²) in [6.07, 6.45) is 26.9. The summed E-state index contributed by atoms with van der Waals surface area (Å²) in [5.74, 6) is -0.432. The number of benzene rings is 2. The maximum atomic E-state index is 14.1. The van der Waals surface area contributed by atoms with E-state index in [4.69, 9.17) is 14.2 Å². The molecule has 3 atom stereocenters. The van der Waals surface area contributed by atoms with Gasteiger partial charge in [0.25, 0.3) is 0 Å². The molecule has 5 amide bonds. The Balaban J connectivity index is 1.57. The van der Waals surface area contributed by atoms with E-state index in [0.29, 0.717) is 46.1 Å². The van der Waals surface area contributed by atoms with Gasteiger partial charge in [0.05, 0.1) is 26.4 Å². The lowest BCUT2D eigenvalue weighted by Crippen LogP contribution is -2.50. The van der Waals surface area contributed by atoms with Gasteiger partial charge in [-0.1, -0.05) is 260 Å². The molecule has 1 aliphatic rings. The Bertz CT molecular complexity index is 2160. The van der Waals surface area contributed by atoms with Crippen molar-refractivity contribution < 1.29 is 38.2 Å². The van der Waals surface area contributed by atoms with Gasteiger partial charge in [0.15, 0.2) is 0 Å². The molecule has 0 aliphatic heterocycles. The van der Waals surface area contributed by atoms with Crippen molar-refractivity contribution in [3.8, 4) is 11.1 Å². The Labute approximate surface area is 517 Å². The Morgan fingerprint density at radius 1 is 0.424 bits per heavy atom. The number of carbonyl (C=O) groups excluding carboxylic acids is 5. The summed E-state index contributed by atoms with van der Waals surface area (Å²) in [5.41, 5.74) is 2.89. The highest BCUT2D eigenvalue weighted by Crippen LogP contribution is 2.44. The zero-order valence-corrected chi connectivity index (χ0v) is 55.9. The summed E-state index contributed by atoms with van der Waals surface area (Å²) in [7, 11) is 0. The summed E-state index contributed by atoms with van der Waals surface area (Å²) in [5, 5.41) is 15.5. The highest BCUT2D eigenvalue weighted by atomic mass is 16.5. The van der Waals surface area contributed by atoms with Gasteiger partial charge in [0.2, 0.25) is 23.6 Å². The molecular formula is C72H123N5O8. The Hall–Kier alpha value is -4.49. The maximum Gasteiger partial charge on any atom is 0.407 e. The van der Waals surface area contributed by atoms with Gasteiger partial charge >= 0.3 is 6.09 Å². The molecule has 484 valence electrons. The summed E-state index contributed by atoms with van der Waals surface area (Å²) in [6.45, 7) is 28.8. The van der Waals surface area contributed by atoms with E-state index in [1.54, 1.807) is 0 Å². The molecule has 2 aromatic rings. The molecule has 13 heteroatoms. The van der Waals surface area contributed by atoms with Crippen molar-refractivity contribution in [2.24, 2.45) is 33.5 Å². The fraction of sp³-hybridized carbons (Fsp3) is 0.764. The minimum absolute atomic E-state index is 0.0133. The first-order valence-electron chi connectivity index (χ1n) is 33.9. The van der Waals surface area contributed by atoms with E-state index in [0.717, 1.165) is 73.6 Å². The zero-order chi connectivity index (χ0) is 62.6. The number of alkyl carbamates (subject to hydrolysis) is 1. The molecule has 0 saturated heterocycles. The molecule has 85 heavy (non-hydrogen) atoms. The van der Waals surface area contributed by atoms with Crippen molar-refractivity contribution in [1.82, 2.24) is 26.6 Å². The van der Waals surface area contributed by atoms with Crippen LogP contribution >= 0.6 is 0 Å². The third kappa shape index (κ3) is 31.3. The molecule has 5 N–H and O–H groups in total. The topological polar surface area (TPSA) is 173 Å². The van der Waals surface area contributed by atoms with Crippen molar-refractivity contribution >= 4 is 29.7 Å². The van der Waals surface area contributed by atoms with Crippen molar-refractivity contribution in [3.63, 3.8) is 0 Å². The van der Waals surface area contributed by atoms with Gasteiger partial charge in [0, 0.05) is 72.0 Å². The van der Waals surface area contributed by atoms with Crippen LogP contribution in [-0.4, -0.2) is 95.0 Å². The van der Waals surface area contributed by atoms with Crippen LogP contribution in [0.3, 0.4) is 0 Å². The molecule has 0 spiro atoms. The second kappa shape index (κ2) is 40.9. The van der Waals surface area contributed by atoms with Crippen LogP contribution in [0.4, 0.5) is 4.79 Å². The largest absolute Gasteiger partial charge is 0.449 e. The highest BCUT2D eigenvalue weighted by Gasteiger charge is 2.32. The summed E-state index contributed by atoms with van der Waals surface area (Å²) < 4.78 is 18.5. The molecule has 2 aromatic carbocycles. The van der Waals surface area contributed by atoms with E-state index in [9.17, 15) is 24.0 Å². The van der Waals surface area contributed by atoms with Crippen LogP contribution in [0.1, 0.15) is 267 Å². The first-order chi connectivity index (χ1) is 40.6. The summed E-state index contributed by atoms with van der Waals surface area (Å²) >= 11 is 0. The van der Waals surface area contributed by atoms with E-state index in [1.807, 2.05) is 52.0 Å². The molecule has 0 fully saturated rings. The van der Waals surface area contributed by atoms with Gasteiger partial charge in [-0.05, 0) is 54.4 Å². The minimum Gasteiger partial charge on any atom is -0.449 e. The molecule has 3 rings (SSSR count). The number of fused-ring (bicyclic) bond motifs is 3. The zero-order valence-electron chi connectivity index (χ0n) is 55.9. The Morgan fingerprint density at radius 3 is 1.14 bits per heavy atom. The van der Waals surface area contributed by atoms with Gasteiger partial charge < -0.3 is 40.8 Å². The standard InChI is InChI=1S/C72H123N5O8/c1-13-17-21-25-27-31-39-56(37-29-23-19-15-3)65(79)74-49-70(7,8)53-83-52-69(5,6)48-73-64(78)46-45-63(77-68(82)85-47-62-60-43-35-33-41-58(60)59-42-34-36-44-61(59)62)67(81)76-51-72(11,12)55-84-54-71(9,10)50-75-66(80)57(38-30-24-20-16-4)40-32-28-26-22-18-14-2/h33-36,41-44,56-57,62-63H,13-32,37-40,45-55H2,1-12H3,(H,73,78)(H,74,79)(H,75,80)(H,76,81)(H,77,82)/t56?,57?,63-/m0/s1. The monoisotopic (exact) mass is 1190 g/mol.